The minimum atomic E-state index is 0.433. The van der Waals surface area contributed by atoms with Gasteiger partial charge in [0.25, 0.3) is 0 Å². The summed E-state index contributed by atoms with van der Waals surface area (Å²) in [6.45, 7) is 2.63. The molecule has 0 saturated carbocycles. The van der Waals surface area contributed by atoms with Crippen molar-refractivity contribution in [2.24, 2.45) is 0 Å². The summed E-state index contributed by atoms with van der Waals surface area (Å²) in [6.07, 6.45) is 1.76. The van der Waals surface area contributed by atoms with Gasteiger partial charge in [-0.25, -0.2) is 0 Å². The van der Waals surface area contributed by atoms with E-state index in [2.05, 4.69) is 15.7 Å². The maximum atomic E-state index is 6.25. The molecule has 0 radical (unpaired) electrons. The monoisotopic (exact) mass is 390 g/mol. The summed E-state index contributed by atoms with van der Waals surface area (Å²) < 4.78 is 1.75. The van der Waals surface area contributed by atoms with Gasteiger partial charge in [-0.15, -0.1) is 0 Å². The van der Waals surface area contributed by atoms with Crippen molar-refractivity contribution >= 4 is 52.0 Å². The minimum absolute atomic E-state index is 0.433. The fraction of sp³-hybridized carbons (Fsp3) is 0.111. The van der Waals surface area contributed by atoms with Crippen molar-refractivity contribution in [1.82, 2.24) is 9.78 Å². The highest BCUT2D eigenvalue weighted by Gasteiger charge is 2.09. The molecule has 2 aromatic carbocycles. The predicted octanol–water partition coefficient (Wildman–Crippen LogP) is 5.36. The van der Waals surface area contributed by atoms with Crippen molar-refractivity contribution < 1.29 is 0 Å². The Balaban J connectivity index is 1.64. The Bertz CT molecular complexity index is 873. The molecule has 3 rings (SSSR count). The standard InChI is InChI=1S/C18H16Cl2N4S/c1-12-2-8-15(9-3-12)21-18(25)22-17-16(20)11-24(23-17)10-13-4-6-14(19)7-5-13/h2-9,11H,10H2,1H3,(H2,21,22,23,25). The van der Waals surface area contributed by atoms with Gasteiger partial charge < -0.3 is 10.6 Å². The molecule has 128 valence electrons. The minimum Gasteiger partial charge on any atom is -0.332 e. The number of rotatable bonds is 4. The van der Waals surface area contributed by atoms with Crippen molar-refractivity contribution in [3.63, 3.8) is 0 Å². The number of nitrogens with zero attached hydrogens (tertiary/aromatic N) is 2. The van der Waals surface area contributed by atoms with E-state index in [0.717, 1.165) is 11.3 Å². The molecule has 0 aliphatic heterocycles. The fourth-order valence-corrected chi connectivity index (χ4v) is 2.78. The Morgan fingerprint density at radius 2 is 1.72 bits per heavy atom. The number of hydrogen-bond donors (Lipinski definition) is 2. The van der Waals surface area contributed by atoms with Gasteiger partial charge in [0.1, 0.15) is 5.02 Å². The van der Waals surface area contributed by atoms with E-state index in [9.17, 15) is 0 Å². The fourth-order valence-electron chi connectivity index (χ4n) is 2.25. The van der Waals surface area contributed by atoms with E-state index < -0.39 is 0 Å². The zero-order valence-corrected chi connectivity index (χ0v) is 15.8. The Morgan fingerprint density at radius 3 is 2.40 bits per heavy atom. The van der Waals surface area contributed by atoms with Crippen LogP contribution in [0.3, 0.4) is 0 Å². The second kappa shape index (κ2) is 7.87. The van der Waals surface area contributed by atoms with Crippen LogP contribution in [0.4, 0.5) is 11.5 Å². The van der Waals surface area contributed by atoms with Gasteiger partial charge in [-0.3, -0.25) is 4.68 Å². The molecule has 0 atom stereocenters. The third-order valence-corrected chi connectivity index (χ3v) is 4.25. The van der Waals surface area contributed by atoms with Crippen LogP contribution in [0.15, 0.2) is 54.7 Å². The SMILES string of the molecule is Cc1ccc(NC(=S)Nc2nn(Cc3ccc(Cl)cc3)cc2Cl)cc1. The Hall–Kier alpha value is -2.08. The number of thiocarbonyl (C=S) groups is 1. The average molecular weight is 391 g/mol. The van der Waals surface area contributed by atoms with E-state index in [4.69, 9.17) is 35.4 Å². The van der Waals surface area contributed by atoms with Crippen LogP contribution in [0.25, 0.3) is 0 Å². The number of anilines is 2. The average Bonchev–Trinajstić information content (AvgIpc) is 2.91. The van der Waals surface area contributed by atoms with Gasteiger partial charge in [0.05, 0.1) is 6.54 Å². The topological polar surface area (TPSA) is 41.9 Å². The highest BCUT2D eigenvalue weighted by atomic mass is 35.5. The summed E-state index contributed by atoms with van der Waals surface area (Å²) in [5.74, 6) is 0.514. The molecule has 25 heavy (non-hydrogen) atoms. The first-order valence-corrected chi connectivity index (χ1v) is 8.78. The molecule has 0 aliphatic carbocycles. The Kier molecular flexibility index (Phi) is 5.58. The molecule has 0 aliphatic rings. The van der Waals surface area contributed by atoms with Crippen LogP contribution in [-0.4, -0.2) is 14.9 Å². The van der Waals surface area contributed by atoms with Crippen LogP contribution in [-0.2, 0) is 6.54 Å². The largest absolute Gasteiger partial charge is 0.332 e. The molecule has 7 heteroatoms. The van der Waals surface area contributed by atoms with Crippen molar-refractivity contribution in [1.29, 1.82) is 0 Å². The molecule has 1 aromatic heterocycles. The summed E-state index contributed by atoms with van der Waals surface area (Å²) in [5.41, 5.74) is 3.17. The molecule has 0 amide bonds. The number of aromatic nitrogens is 2. The van der Waals surface area contributed by atoms with Gasteiger partial charge in [0.2, 0.25) is 0 Å². The summed E-state index contributed by atoms with van der Waals surface area (Å²) in [6, 6.07) is 15.6. The molecule has 0 fully saturated rings. The summed E-state index contributed by atoms with van der Waals surface area (Å²) in [7, 11) is 0. The van der Waals surface area contributed by atoms with Gasteiger partial charge in [0, 0.05) is 16.9 Å². The Morgan fingerprint density at radius 1 is 1.04 bits per heavy atom. The van der Waals surface area contributed by atoms with E-state index in [1.54, 1.807) is 10.9 Å². The number of hydrogen-bond acceptors (Lipinski definition) is 2. The molecule has 0 spiro atoms. The lowest BCUT2D eigenvalue weighted by Gasteiger charge is -2.09. The van der Waals surface area contributed by atoms with Crippen molar-refractivity contribution in [2.45, 2.75) is 13.5 Å². The number of aryl methyl sites for hydroxylation is 1. The lowest BCUT2D eigenvalue weighted by atomic mass is 10.2. The van der Waals surface area contributed by atoms with Crippen LogP contribution in [0.5, 0.6) is 0 Å². The maximum Gasteiger partial charge on any atom is 0.176 e. The predicted molar refractivity (Wildman–Crippen MR) is 109 cm³/mol. The molecule has 2 N–H and O–H groups in total. The molecule has 0 saturated heterocycles. The van der Waals surface area contributed by atoms with Crippen molar-refractivity contribution in [3.05, 3.63) is 75.9 Å². The summed E-state index contributed by atoms with van der Waals surface area (Å²) >= 11 is 17.5. The van der Waals surface area contributed by atoms with Crippen LogP contribution >= 0.6 is 35.4 Å². The normalized spacial score (nSPS) is 10.5. The van der Waals surface area contributed by atoms with Crippen LogP contribution in [0.1, 0.15) is 11.1 Å². The van der Waals surface area contributed by atoms with E-state index in [1.165, 1.54) is 5.56 Å². The van der Waals surface area contributed by atoms with Gasteiger partial charge in [0.15, 0.2) is 10.9 Å². The van der Waals surface area contributed by atoms with E-state index in [-0.39, 0.29) is 0 Å². The first kappa shape index (κ1) is 17.7. The third-order valence-electron chi connectivity index (χ3n) is 3.52. The van der Waals surface area contributed by atoms with Crippen LogP contribution in [0, 0.1) is 6.92 Å². The van der Waals surface area contributed by atoms with Crippen LogP contribution < -0.4 is 10.6 Å². The third kappa shape index (κ3) is 4.95. The molecule has 0 unspecified atom stereocenters. The molecule has 1 heterocycles. The Labute approximate surface area is 161 Å². The van der Waals surface area contributed by atoms with Crippen molar-refractivity contribution in [3.8, 4) is 0 Å². The lowest BCUT2D eigenvalue weighted by Crippen LogP contribution is -2.19. The summed E-state index contributed by atoms with van der Waals surface area (Å²) in [4.78, 5) is 0. The van der Waals surface area contributed by atoms with E-state index in [1.807, 2.05) is 55.5 Å². The highest BCUT2D eigenvalue weighted by molar-refractivity contribution is 7.80. The molecular weight excluding hydrogens is 375 g/mol. The first-order valence-electron chi connectivity index (χ1n) is 7.62. The van der Waals surface area contributed by atoms with E-state index >= 15 is 0 Å². The van der Waals surface area contributed by atoms with Gasteiger partial charge in [-0.2, -0.15) is 5.10 Å². The number of halogens is 2. The number of nitrogens with one attached hydrogen (secondary N) is 2. The zero-order chi connectivity index (χ0) is 17.8. The highest BCUT2D eigenvalue weighted by Crippen LogP contribution is 2.21. The smallest absolute Gasteiger partial charge is 0.176 e. The molecule has 3 aromatic rings. The quantitative estimate of drug-likeness (QED) is 0.588. The second-order valence-corrected chi connectivity index (χ2v) is 6.85. The first-order chi connectivity index (χ1) is 12.0. The maximum absolute atomic E-state index is 6.25. The van der Waals surface area contributed by atoms with Crippen molar-refractivity contribution in [2.75, 3.05) is 10.6 Å². The lowest BCUT2D eigenvalue weighted by molar-refractivity contribution is 0.690. The second-order valence-electron chi connectivity index (χ2n) is 5.59. The van der Waals surface area contributed by atoms with Gasteiger partial charge >= 0.3 is 0 Å². The number of benzene rings is 2. The zero-order valence-electron chi connectivity index (χ0n) is 13.5. The van der Waals surface area contributed by atoms with E-state index in [0.29, 0.717) is 27.5 Å². The van der Waals surface area contributed by atoms with Gasteiger partial charge in [-0.05, 0) is 49.0 Å². The molecule has 4 nitrogen and oxygen atoms in total. The molecular formula is C18H16Cl2N4S. The van der Waals surface area contributed by atoms with Crippen LogP contribution in [0.2, 0.25) is 10.0 Å². The summed E-state index contributed by atoms with van der Waals surface area (Å²) in [5, 5.41) is 12.2. The molecule has 0 bridgehead atoms. The van der Waals surface area contributed by atoms with Gasteiger partial charge in [-0.1, -0.05) is 53.0 Å².